The molecule has 0 atom stereocenters. The summed E-state index contributed by atoms with van der Waals surface area (Å²) in [5.74, 6) is 1.77. The lowest BCUT2D eigenvalue weighted by Crippen LogP contribution is -2.06. The van der Waals surface area contributed by atoms with Crippen molar-refractivity contribution in [2.45, 2.75) is 0 Å². The molecule has 0 saturated carbocycles. The zero-order valence-corrected chi connectivity index (χ0v) is 36.8. The van der Waals surface area contributed by atoms with Crippen molar-refractivity contribution in [3.05, 3.63) is 237 Å². The molecule has 0 radical (unpaired) electrons. The van der Waals surface area contributed by atoms with Gasteiger partial charge in [-0.2, -0.15) is 9.97 Å². The molecule has 14 aromatic rings. The van der Waals surface area contributed by atoms with Gasteiger partial charge in [-0.1, -0.05) is 188 Å². The second kappa shape index (κ2) is 15.2. The van der Waals surface area contributed by atoms with Gasteiger partial charge in [0.25, 0.3) is 0 Å². The number of aromatic nitrogens is 5. The molecule has 0 saturated heterocycles. The maximum atomic E-state index is 5.40. The lowest BCUT2D eigenvalue weighted by atomic mass is 9.94. The number of rotatable bonds is 6. The van der Waals surface area contributed by atoms with E-state index in [-0.39, 0.29) is 0 Å². The smallest absolute Gasteiger partial charge is 0.238 e. The maximum absolute atomic E-state index is 5.40. The van der Waals surface area contributed by atoms with Crippen LogP contribution in [0.5, 0.6) is 0 Å². The molecule has 3 heterocycles. The van der Waals surface area contributed by atoms with Crippen LogP contribution in [0.4, 0.5) is 0 Å². The standard InChI is InChI=1S/C63H39N5/c1-3-17-40(18-4-1)42-21-15-22-43(35-42)44-23-16-24-45(36-44)62-64-61(41-19-5-2-6-20-41)65-63(66-62)68-58-32-14-12-30-53(58)56-38-55-52-29-11-13-31-57(52)67(59(55)39-60(56)68)46-33-34-51-49-27-8-7-25-47(49)48-26-9-10-28-50(48)54(51)37-46/h1-39H. The largest absolute Gasteiger partial charge is 0.309 e. The fraction of sp³-hybridized carbons (Fsp3) is 0. The van der Waals surface area contributed by atoms with Gasteiger partial charge in [-0.3, -0.25) is 4.57 Å². The van der Waals surface area contributed by atoms with Gasteiger partial charge in [0.05, 0.1) is 22.1 Å². The molecule has 0 aliphatic heterocycles. The second-order valence-corrected chi connectivity index (χ2v) is 17.6. The van der Waals surface area contributed by atoms with Crippen molar-refractivity contribution >= 4 is 75.9 Å². The molecule has 0 amide bonds. The molecule has 0 N–H and O–H groups in total. The Morgan fingerprint density at radius 1 is 0.221 bits per heavy atom. The average molecular weight is 866 g/mol. The van der Waals surface area contributed by atoms with E-state index in [1.165, 1.54) is 54.2 Å². The molecule has 5 heteroatoms. The van der Waals surface area contributed by atoms with Crippen LogP contribution in [0, 0.1) is 0 Å². The van der Waals surface area contributed by atoms with E-state index in [1.54, 1.807) is 0 Å². The van der Waals surface area contributed by atoms with Crippen LogP contribution in [-0.2, 0) is 0 Å². The topological polar surface area (TPSA) is 48.5 Å². The summed E-state index contributed by atoms with van der Waals surface area (Å²) in [7, 11) is 0. The highest BCUT2D eigenvalue weighted by atomic mass is 15.2. The van der Waals surface area contributed by atoms with E-state index in [9.17, 15) is 0 Å². The van der Waals surface area contributed by atoms with Gasteiger partial charge < -0.3 is 4.57 Å². The second-order valence-electron chi connectivity index (χ2n) is 17.6. The van der Waals surface area contributed by atoms with Crippen LogP contribution < -0.4 is 0 Å². The number of hydrogen-bond acceptors (Lipinski definition) is 3. The SMILES string of the molecule is c1ccc(-c2cccc(-c3cccc(-c4nc(-c5ccccc5)nc(-n5c6ccccc6c6cc7c8ccccc8n(-c8ccc9c%10ccccc%10c%10ccccc%10c9c8)c7cc65)n4)c3)c2)cc1. The van der Waals surface area contributed by atoms with E-state index >= 15 is 0 Å². The number of benzene rings is 11. The first-order valence-electron chi connectivity index (χ1n) is 23.1. The Morgan fingerprint density at radius 2 is 0.647 bits per heavy atom. The minimum atomic E-state index is 0.558. The van der Waals surface area contributed by atoms with Gasteiger partial charge in [-0.25, -0.2) is 4.98 Å². The minimum Gasteiger partial charge on any atom is -0.309 e. The molecule has 0 bridgehead atoms. The van der Waals surface area contributed by atoms with E-state index < -0.39 is 0 Å². The van der Waals surface area contributed by atoms with Crippen LogP contribution in [-0.4, -0.2) is 24.1 Å². The highest BCUT2D eigenvalue weighted by molar-refractivity contribution is 6.26. The van der Waals surface area contributed by atoms with E-state index in [4.69, 9.17) is 15.0 Å². The predicted molar refractivity (Wildman–Crippen MR) is 283 cm³/mol. The van der Waals surface area contributed by atoms with E-state index in [2.05, 4.69) is 228 Å². The molecule has 14 rings (SSSR count). The quantitative estimate of drug-likeness (QED) is 0.156. The average Bonchev–Trinajstić information content (AvgIpc) is 3.92. The Bertz CT molecular complexity index is 4280. The summed E-state index contributed by atoms with van der Waals surface area (Å²) >= 11 is 0. The van der Waals surface area contributed by atoms with Crippen molar-refractivity contribution in [1.29, 1.82) is 0 Å². The summed E-state index contributed by atoms with van der Waals surface area (Å²) < 4.78 is 4.67. The molecule has 0 aliphatic carbocycles. The molecule has 68 heavy (non-hydrogen) atoms. The van der Waals surface area contributed by atoms with Gasteiger partial charge in [-0.15, -0.1) is 0 Å². The summed E-state index contributed by atoms with van der Waals surface area (Å²) in [6.07, 6.45) is 0. The summed E-state index contributed by atoms with van der Waals surface area (Å²) in [6, 6.07) is 84.7. The van der Waals surface area contributed by atoms with Crippen LogP contribution >= 0.6 is 0 Å². The van der Waals surface area contributed by atoms with Crippen molar-refractivity contribution in [2.24, 2.45) is 0 Å². The summed E-state index contributed by atoms with van der Waals surface area (Å²) in [5, 5.41) is 12.2. The first kappa shape index (κ1) is 38.1. The Morgan fingerprint density at radius 3 is 1.26 bits per heavy atom. The molecule has 11 aromatic carbocycles. The van der Waals surface area contributed by atoms with Crippen molar-refractivity contribution in [3.8, 4) is 56.7 Å². The summed E-state index contributed by atoms with van der Waals surface area (Å²) in [4.78, 5) is 15.9. The normalized spacial score (nSPS) is 11.8. The summed E-state index contributed by atoms with van der Waals surface area (Å²) in [6.45, 7) is 0. The molecule has 0 spiro atoms. The van der Waals surface area contributed by atoms with Gasteiger partial charge in [0.15, 0.2) is 11.6 Å². The van der Waals surface area contributed by atoms with Crippen LogP contribution in [0.3, 0.4) is 0 Å². The molecule has 0 aliphatic rings. The molecule has 0 unspecified atom stereocenters. The number of para-hydroxylation sites is 2. The molecular formula is C63H39N5. The highest BCUT2D eigenvalue weighted by Crippen LogP contribution is 2.42. The molecule has 5 nitrogen and oxygen atoms in total. The van der Waals surface area contributed by atoms with Crippen LogP contribution in [0.2, 0.25) is 0 Å². The van der Waals surface area contributed by atoms with Gasteiger partial charge in [-0.05, 0) is 103 Å². The van der Waals surface area contributed by atoms with E-state index in [1.807, 2.05) is 18.2 Å². The zero-order chi connectivity index (χ0) is 44.7. The zero-order valence-electron chi connectivity index (χ0n) is 36.8. The van der Waals surface area contributed by atoms with Crippen LogP contribution in [0.25, 0.3) is 133 Å². The minimum absolute atomic E-state index is 0.558. The number of fused-ring (bicyclic) bond motifs is 12. The van der Waals surface area contributed by atoms with Gasteiger partial charge >= 0.3 is 0 Å². The third-order valence-electron chi connectivity index (χ3n) is 13.7. The Balaban J connectivity index is 1.00. The van der Waals surface area contributed by atoms with Crippen molar-refractivity contribution in [2.75, 3.05) is 0 Å². The van der Waals surface area contributed by atoms with Gasteiger partial charge in [0, 0.05) is 38.4 Å². The van der Waals surface area contributed by atoms with Gasteiger partial charge in [0.2, 0.25) is 5.95 Å². The van der Waals surface area contributed by atoms with Crippen LogP contribution in [0.15, 0.2) is 237 Å². The monoisotopic (exact) mass is 865 g/mol. The number of nitrogens with zero attached hydrogens (tertiary/aromatic N) is 5. The third-order valence-corrected chi connectivity index (χ3v) is 13.7. The van der Waals surface area contributed by atoms with Crippen molar-refractivity contribution in [1.82, 2.24) is 24.1 Å². The lowest BCUT2D eigenvalue weighted by Gasteiger charge is -2.14. The lowest BCUT2D eigenvalue weighted by molar-refractivity contribution is 0.953. The van der Waals surface area contributed by atoms with E-state index in [0.717, 1.165) is 60.8 Å². The first-order valence-corrected chi connectivity index (χ1v) is 23.1. The molecule has 316 valence electrons. The Labute approximate surface area is 391 Å². The first-order chi connectivity index (χ1) is 33.7. The van der Waals surface area contributed by atoms with Crippen molar-refractivity contribution in [3.63, 3.8) is 0 Å². The fourth-order valence-corrected chi connectivity index (χ4v) is 10.6. The molecular weight excluding hydrogens is 827 g/mol. The third kappa shape index (κ3) is 5.99. The van der Waals surface area contributed by atoms with Crippen LogP contribution in [0.1, 0.15) is 0 Å². The van der Waals surface area contributed by atoms with E-state index in [0.29, 0.717) is 17.6 Å². The van der Waals surface area contributed by atoms with Gasteiger partial charge in [0.1, 0.15) is 0 Å². The molecule has 0 fully saturated rings. The Hall–Kier alpha value is -9.19. The number of hydrogen-bond donors (Lipinski definition) is 0. The highest BCUT2D eigenvalue weighted by Gasteiger charge is 2.22. The fourth-order valence-electron chi connectivity index (χ4n) is 10.6. The predicted octanol–water partition coefficient (Wildman–Crippen LogP) is 16.2. The Kier molecular flexibility index (Phi) is 8.52. The summed E-state index contributed by atoms with van der Waals surface area (Å²) in [5.41, 5.74) is 11.8. The maximum Gasteiger partial charge on any atom is 0.238 e. The van der Waals surface area contributed by atoms with Crippen molar-refractivity contribution < 1.29 is 0 Å². The molecule has 3 aromatic heterocycles.